The number of carboxylic acids is 1. The number of hydrogen-bond acceptors (Lipinski definition) is 3. The summed E-state index contributed by atoms with van der Waals surface area (Å²) in [6, 6.07) is 5.33. The van der Waals surface area contributed by atoms with Crippen LogP contribution in [0.15, 0.2) is 24.3 Å². The topological polar surface area (TPSA) is 87.7 Å². The van der Waals surface area contributed by atoms with Crippen molar-refractivity contribution in [3.05, 3.63) is 24.3 Å². The third kappa shape index (κ3) is 5.29. The van der Waals surface area contributed by atoms with E-state index in [1.165, 1.54) is 6.92 Å². The summed E-state index contributed by atoms with van der Waals surface area (Å²) in [6.45, 7) is 5.24. The number of ether oxygens (including phenoxy) is 1. The molecule has 0 radical (unpaired) electrons. The summed E-state index contributed by atoms with van der Waals surface area (Å²) in [6.07, 6.45) is 0.0820. The summed E-state index contributed by atoms with van der Waals surface area (Å²) in [5.74, 6) is -0.379. The molecule has 0 saturated heterocycles. The van der Waals surface area contributed by atoms with Crippen LogP contribution < -0.4 is 15.4 Å². The van der Waals surface area contributed by atoms with E-state index in [9.17, 15) is 9.59 Å². The Morgan fingerprint density at radius 3 is 2.21 bits per heavy atom. The van der Waals surface area contributed by atoms with E-state index in [2.05, 4.69) is 10.6 Å². The van der Waals surface area contributed by atoms with Gasteiger partial charge in [-0.1, -0.05) is 0 Å². The zero-order valence-electron chi connectivity index (χ0n) is 11.1. The zero-order valence-corrected chi connectivity index (χ0v) is 11.1. The largest absolute Gasteiger partial charge is 0.491 e. The molecule has 0 fully saturated rings. The highest BCUT2D eigenvalue weighted by Crippen LogP contribution is 2.16. The molecule has 0 aliphatic rings. The Morgan fingerprint density at radius 1 is 1.16 bits per heavy atom. The van der Waals surface area contributed by atoms with E-state index in [0.717, 1.165) is 0 Å². The first-order valence-electron chi connectivity index (χ1n) is 5.95. The monoisotopic (exact) mass is 266 g/mol. The number of urea groups is 1. The van der Waals surface area contributed by atoms with Crippen molar-refractivity contribution in [3.8, 4) is 5.75 Å². The second kappa shape index (κ2) is 6.63. The van der Waals surface area contributed by atoms with Crippen molar-refractivity contribution >= 4 is 17.7 Å². The van der Waals surface area contributed by atoms with E-state index in [-0.39, 0.29) is 6.10 Å². The first-order valence-corrected chi connectivity index (χ1v) is 5.95. The molecule has 0 heterocycles. The Morgan fingerprint density at radius 2 is 1.74 bits per heavy atom. The van der Waals surface area contributed by atoms with Gasteiger partial charge in [0, 0.05) is 5.69 Å². The van der Waals surface area contributed by atoms with Crippen molar-refractivity contribution in [2.24, 2.45) is 0 Å². The molecular weight excluding hydrogens is 248 g/mol. The van der Waals surface area contributed by atoms with Gasteiger partial charge >= 0.3 is 12.0 Å². The van der Waals surface area contributed by atoms with E-state index >= 15 is 0 Å². The number of rotatable bonds is 5. The van der Waals surface area contributed by atoms with E-state index < -0.39 is 18.0 Å². The van der Waals surface area contributed by atoms with Crippen LogP contribution in [-0.2, 0) is 4.79 Å². The highest BCUT2D eigenvalue weighted by Gasteiger charge is 2.13. The third-order valence-electron chi connectivity index (χ3n) is 2.20. The fourth-order valence-corrected chi connectivity index (χ4v) is 1.31. The van der Waals surface area contributed by atoms with Gasteiger partial charge in [0.1, 0.15) is 11.8 Å². The lowest BCUT2D eigenvalue weighted by Gasteiger charge is -2.12. The molecule has 1 aromatic carbocycles. The normalized spacial score (nSPS) is 11.8. The average molecular weight is 266 g/mol. The van der Waals surface area contributed by atoms with Crippen LogP contribution in [0.1, 0.15) is 20.8 Å². The van der Waals surface area contributed by atoms with Crippen LogP contribution >= 0.6 is 0 Å². The van der Waals surface area contributed by atoms with Crippen molar-refractivity contribution < 1.29 is 19.4 Å². The Bertz CT molecular complexity index is 442. The smallest absolute Gasteiger partial charge is 0.325 e. The minimum Gasteiger partial charge on any atom is -0.491 e. The number of benzene rings is 1. The maximum absolute atomic E-state index is 11.5. The molecule has 0 aliphatic carbocycles. The predicted octanol–water partition coefficient (Wildman–Crippen LogP) is 2.07. The summed E-state index contributed by atoms with van der Waals surface area (Å²) in [5, 5.41) is 13.5. The van der Waals surface area contributed by atoms with Gasteiger partial charge in [-0.2, -0.15) is 0 Å². The number of anilines is 1. The quantitative estimate of drug-likeness (QED) is 0.761. The maximum Gasteiger partial charge on any atom is 0.325 e. The van der Waals surface area contributed by atoms with Crippen LogP contribution in [0.25, 0.3) is 0 Å². The number of hydrogen-bond donors (Lipinski definition) is 3. The van der Waals surface area contributed by atoms with E-state index in [1.807, 2.05) is 13.8 Å². The molecule has 6 nitrogen and oxygen atoms in total. The average Bonchev–Trinajstić information content (AvgIpc) is 2.30. The molecule has 19 heavy (non-hydrogen) atoms. The lowest BCUT2D eigenvalue weighted by Crippen LogP contribution is -2.40. The molecular formula is C13H18N2O4. The number of carbonyl (C=O) groups is 2. The Labute approximate surface area is 111 Å². The minimum atomic E-state index is -1.09. The van der Waals surface area contributed by atoms with Crippen LogP contribution in [0, 0.1) is 0 Å². The lowest BCUT2D eigenvalue weighted by molar-refractivity contribution is -0.138. The third-order valence-corrected chi connectivity index (χ3v) is 2.20. The highest BCUT2D eigenvalue weighted by atomic mass is 16.5. The summed E-state index contributed by atoms with van der Waals surface area (Å²) in [5.41, 5.74) is 0.561. The SMILES string of the molecule is CC(C)Oc1ccc(NC(=O)N[C@H](C)C(=O)O)cc1. The molecule has 0 unspecified atom stereocenters. The summed E-state index contributed by atoms with van der Waals surface area (Å²) in [7, 11) is 0. The second-order valence-electron chi connectivity index (χ2n) is 4.35. The molecule has 0 saturated carbocycles. The standard InChI is InChI=1S/C13H18N2O4/c1-8(2)19-11-6-4-10(5-7-11)15-13(18)14-9(3)12(16)17/h4-9H,1-3H3,(H,16,17)(H2,14,15,18)/t9-/m1/s1. The zero-order chi connectivity index (χ0) is 14.4. The fourth-order valence-electron chi connectivity index (χ4n) is 1.31. The van der Waals surface area contributed by atoms with Gasteiger partial charge < -0.3 is 20.5 Å². The minimum absolute atomic E-state index is 0.0820. The molecule has 3 N–H and O–H groups in total. The molecule has 2 amide bonds. The molecule has 0 bridgehead atoms. The fraction of sp³-hybridized carbons (Fsp3) is 0.385. The van der Waals surface area contributed by atoms with Crippen molar-refractivity contribution in [1.29, 1.82) is 0 Å². The molecule has 6 heteroatoms. The van der Waals surface area contributed by atoms with Gasteiger partial charge in [-0.15, -0.1) is 0 Å². The van der Waals surface area contributed by atoms with Crippen molar-refractivity contribution in [3.63, 3.8) is 0 Å². The Balaban J connectivity index is 2.53. The number of amides is 2. The molecule has 104 valence electrons. The van der Waals surface area contributed by atoms with Gasteiger partial charge in [0.15, 0.2) is 0 Å². The van der Waals surface area contributed by atoms with Crippen LogP contribution in [0.3, 0.4) is 0 Å². The summed E-state index contributed by atoms with van der Waals surface area (Å²) in [4.78, 5) is 22.0. The van der Waals surface area contributed by atoms with Gasteiger partial charge in [0.2, 0.25) is 0 Å². The Kier molecular flexibility index (Phi) is 5.17. The Hall–Kier alpha value is -2.24. The number of nitrogens with one attached hydrogen (secondary N) is 2. The molecule has 0 aromatic heterocycles. The molecule has 1 rings (SSSR count). The predicted molar refractivity (Wildman–Crippen MR) is 71.5 cm³/mol. The van der Waals surface area contributed by atoms with Crippen molar-refractivity contribution in [2.75, 3.05) is 5.32 Å². The van der Waals surface area contributed by atoms with Gasteiger partial charge in [-0.05, 0) is 45.0 Å². The number of aliphatic carboxylic acids is 1. The van der Waals surface area contributed by atoms with E-state index in [1.54, 1.807) is 24.3 Å². The summed E-state index contributed by atoms with van der Waals surface area (Å²) >= 11 is 0. The highest BCUT2D eigenvalue weighted by molar-refractivity contribution is 5.92. The van der Waals surface area contributed by atoms with Crippen LogP contribution in [0.5, 0.6) is 5.75 Å². The van der Waals surface area contributed by atoms with E-state index in [4.69, 9.17) is 9.84 Å². The van der Waals surface area contributed by atoms with Crippen molar-refractivity contribution in [1.82, 2.24) is 5.32 Å². The first-order chi connectivity index (χ1) is 8.88. The van der Waals surface area contributed by atoms with Gasteiger partial charge in [-0.3, -0.25) is 4.79 Å². The van der Waals surface area contributed by atoms with Crippen LogP contribution in [0.2, 0.25) is 0 Å². The molecule has 0 spiro atoms. The summed E-state index contributed by atoms with van der Waals surface area (Å²) < 4.78 is 5.46. The number of carboxylic acid groups (broad SMARTS) is 1. The molecule has 0 aliphatic heterocycles. The van der Waals surface area contributed by atoms with Crippen LogP contribution in [-0.4, -0.2) is 29.3 Å². The lowest BCUT2D eigenvalue weighted by atomic mass is 10.3. The maximum atomic E-state index is 11.5. The first kappa shape index (κ1) is 14.8. The second-order valence-corrected chi connectivity index (χ2v) is 4.35. The van der Waals surface area contributed by atoms with Crippen molar-refractivity contribution in [2.45, 2.75) is 32.9 Å². The van der Waals surface area contributed by atoms with Crippen LogP contribution in [0.4, 0.5) is 10.5 Å². The molecule has 1 atom stereocenters. The van der Waals surface area contributed by atoms with E-state index in [0.29, 0.717) is 11.4 Å². The van der Waals surface area contributed by atoms with Gasteiger partial charge in [-0.25, -0.2) is 4.79 Å². The number of carbonyl (C=O) groups excluding carboxylic acids is 1. The molecule has 1 aromatic rings. The van der Waals surface area contributed by atoms with Gasteiger partial charge in [0.05, 0.1) is 6.10 Å². The van der Waals surface area contributed by atoms with Gasteiger partial charge in [0.25, 0.3) is 0 Å².